The number of carbonyl (C=O) groups is 1. The molecule has 96 valence electrons. The molecule has 0 aliphatic carbocycles. The average Bonchev–Trinajstić information content (AvgIpc) is 2.91. The molecule has 0 amide bonds. The van der Waals surface area contributed by atoms with Gasteiger partial charge in [0.2, 0.25) is 0 Å². The predicted molar refractivity (Wildman–Crippen MR) is 67.9 cm³/mol. The van der Waals surface area contributed by atoms with E-state index >= 15 is 0 Å². The molecular formula is C12H15N3O3. The van der Waals surface area contributed by atoms with Gasteiger partial charge in [0.15, 0.2) is 0 Å². The van der Waals surface area contributed by atoms with Gasteiger partial charge in [0.05, 0.1) is 11.1 Å². The van der Waals surface area contributed by atoms with Crippen LogP contribution in [0.15, 0.2) is 18.2 Å². The Morgan fingerprint density at radius 3 is 2.89 bits per heavy atom. The summed E-state index contributed by atoms with van der Waals surface area (Å²) in [7, 11) is 1.83. The number of carbonyl (C=O) groups excluding carboxylic acids is 1. The fourth-order valence-corrected chi connectivity index (χ4v) is 2.22. The van der Waals surface area contributed by atoms with Crippen molar-refractivity contribution >= 4 is 17.7 Å². The first kappa shape index (κ1) is 12.5. The van der Waals surface area contributed by atoms with Crippen molar-refractivity contribution < 1.29 is 9.72 Å². The van der Waals surface area contributed by atoms with E-state index < -0.39 is 4.92 Å². The largest absolute Gasteiger partial charge is 0.354 e. The van der Waals surface area contributed by atoms with Crippen LogP contribution in [0.2, 0.25) is 0 Å². The number of hydrogen-bond donors (Lipinski definition) is 1. The number of nitro benzene ring substituents is 1. The summed E-state index contributed by atoms with van der Waals surface area (Å²) >= 11 is 0. The van der Waals surface area contributed by atoms with Crippen molar-refractivity contribution in [1.29, 1.82) is 0 Å². The maximum atomic E-state index is 11.1. The molecule has 2 rings (SSSR count). The van der Waals surface area contributed by atoms with E-state index in [1.807, 2.05) is 11.9 Å². The van der Waals surface area contributed by atoms with E-state index in [0.29, 0.717) is 17.5 Å². The van der Waals surface area contributed by atoms with E-state index in [2.05, 4.69) is 5.32 Å². The molecule has 1 atom stereocenters. The summed E-state index contributed by atoms with van der Waals surface area (Å²) in [5.74, 6) is 0. The highest BCUT2D eigenvalue weighted by atomic mass is 16.6. The van der Waals surface area contributed by atoms with Crippen LogP contribution >= 0.6 is 0 Å². The Balaban J connectivity index is 2.36. The first-order valence-electron chi connectivity index (χ1n) is 5.83. The van der Waals surface area contributed by atoms with Crippen molar-refractivity contribution in [3.63, 3.8) is 0 Å². The molecule has 0 saturated carbocycles. The van der Waals surface area contributed by atoms with E-state index in [4.69, 9.17) is 0 Å². The number of benzene rings is 1. The highest BCUT2D eigenvalue weighted by Crippen LogP contribution is 2.30. The minimum absolute atomic E-state index is 0.0317. The smallest absolute Gasteiger partial charge is 0.293 e. The molecule has 1 unspecified atom stereocenters. The lowest BCUT2D eigenvalue weighted by Gasteiger charge is -2.26. The number of nitro groups is 1. The van der Waals surface area contributed by atoms with Crippen LogP contribution in [-0.4, -0.2) is 31.0 Å². The second-order valence-electron chi connectivity index (χ2n) is 4.35. The first-order chi connectivity index (χ1) is 8.63. The van der Waals surface area contributed by atoms with E-state index in [0.717, 1.165) is 19.4 Å². The summed E-state index contributed by atoms with van der Waals surface area (Å²) in [4.78, 5) is 23.1. The minimum atomic E-state index is -0.451. The Morgan fingerprint density at radius 2 is 2.33 bits per heavy atom. The number of anilines is 1. The molecule has 1 saturated heterocycles. The normalized spacial score (nSPS) is 18.6. The van der Waals surface area contributed by atoms with Gasteiger partial charge in [-0.15, -0.1) is 0 Å². The fourth-order valence-electron chi connectivity index (χ4n) is 2.22. The van der Waals surface area contributed by atoms with Crippen LogP contribution in [0, 0.1) is 10.1 Å². The van der Waals surface area contributed by atoms with Gasteiger partial charge in [-0.3, -0.25) is 20.2 Å². The standard InChI is InChI=1S/C12H15N3O3/c1-14(12-3-2-6-13-12)10-5-4-9(8-16)7-11(10)15(17)18/h4-5,7-8,12-13H,2-3,6H2,1H3. The summed E-state index contributed by atoms with van der Waals surface area (Å²) in [5, 5.41) is 14.3. The van der Waals surface area contributed by atoms with E-state index in [1.54, 1.807) is 12.1 Å². The van der Waals surface area contributed by atoms with Gasteiger partial charge in [-0.25, -0.2) is 0 Å². The van der Waals surface area contributed by atoms with Crippen molar-refractivity contribution in [2.24, 2.45) is 0 Å². The zero-order chi connectivity index (χ0) is 13.1. The van der Waals surface area contributed by atoms with Gasteiger partial charge in [0.25, 0.3) is 5.69 Å². The van der Waals surface area contributed by atoms with Gasteiger partial charge in [0.1, 0.15) is 12.0 Å². The Bertz CT molecular complexity index is 470. The van der Waals surface area contributed by atoms with Crippen molar-refractivity contribution in [2.45, 2.75) is 19.0 Å². The first-order valence-corrected chi connectivity index (χ1v) is 5.83. The molecule has 18 heavy (non-hydrogen) atoms. The number of aldehydes is 1. The Labute approximate surface area is 105 Å². The predicted octanol–water partition coefficient (Wildman–Crippen LogP) is 1.55. The highest BCUT2D eigenvalue weighted by Gasteiger charge is 2.25. The molecule has 6 nitrogen and oxygen atoms in total. The molecule has 1 aliphatic rings. The van der Waals surface area contributed by atoms with Crippen LogP contribution in [-0.2, 0) is 0 Å². The van der Waals surface area contributed by atoms with E-state index in [9.17, 15) is 14.9 Å². The number of hydrogen-bond acceptors (Lipinski definition) is 5. The molecule has 1 heterocycles. The van der Waals surface area contributed by atoms with Crippen molar-refractivity contribution in [3.8, 4) is 0 Å². The van der Waals surface area contributed by atoms with Crippen LogP contribution in [0.25, 0.3) is 0 Å². The molecular weight excluding hydrogens is 234 g/mol. The van der Waals surface area contributed by atoms with Crippen LogP contribution in [0.5, 0.6) is 0 Å². The fraction of sp³-hybridized carbons (Fsp3) is 0.417. The van der Waals surface area contributed by atoms with Gasteiger partial charge < -0.3 is 4.90 Å². The van der Waals surface area contributed by atoms with Gasteiger partial charge >= 0.3 is 0 Å². The Kier molecular flexibility index (Phi) is 3.57. The summed E-state index contributed by atoms with van der Waals surface area (Å²) in [6, 6.07) is 4.54. The number of rotatable bonds is 4. The monoisotopic (exact) mass is 249 g/mol. The molecule has 1 N–H and O–H groups in total. The Hall–Kier alpha value is -1.95. The third-order valence-corrected chi connectivity index (χ3v) is 3.21. The van der Waals surface area contributed by atoms with E-state index in [1.165, 1.54) is 6.07 Å². The second kappa shape index (κ2) is 5.14. The van der Waals surface area contributed by atoms with Crippen molar-refractivity contribution in [3.05, 3.63) is 33.9 Å². The highest BCUT2D eigenvalue weighted by molar-refractivity contribution is 5.79. The molecule has 0 bridgehead atoms. The molecule has 0 spiro atoms. The van der Waals surface area contributed by atoms with Crippen LogP contribution in [0.4, 0.5) is 11.4 Å². The molecule has 1 aromatic rings. The zero-order valence-electron chi connectivity index (χ0n) is 10.1. The third kappa shape index (κ3) is 2.33. The van der Waals surface area contributed by atoms with Crippen molar-refractivity contribution in [1.82, 2.24) is 5.32 Å². The second-order valence-corrected chi connectivity index (χ2v) is 4.35. The minimum Gasteiger partial charge on any atom is -0.354 e. The number of nitrogens with one attached hydrogen (secondary N) is 1. The lowest BCUT2D eigenvalue weighted by Crippen LogP contribution is -2.39. The maximum absolute atomic E-state index is 11.1. The molecule has 1 aromatic carbocycles. The molecule has 1 aliphatic heterocycles. The van der Waals surface area contributed by atoms with Crippen LogP contribution < -0.4 is 10.2 Å². The quantitative estimate of drug-likeness (QED) is 0.498. The Morgan fingerprint density at radius 1 is 1.56 bits per heavy atom. The SMILES string of the molecule is CN(c1ccc(C=O)cc1[N+](=O)[O-])C1CCCN1. The van der Waals surface area contributed by atoms with Gasteiger partial charge in [-0.05, 0) is 31.5 Å². The summed E-state index contributed by atoms with van der Waals surface area (Å²) in [6.07, 6.45) is 2.76. The third-order valence-electron chi connectivity index (χ3n) is 3.21. The topological polar surface area (TPSA) is 75.5 Å². The molecule has 0 aromatic heterocycles. The number of nitrogens with zero attached hydrogens (tertiary/aromatic N) is 2. The van der Waals surface area contributed by atoms with Gasteiger partial charge in [0, 0.05) is 18.7 Å². The van der Waals surface area contributed by atoms with Crippen molar-refractivity contribution in [2.75, 3.05) is 18.5 Å². The van der Waals surface area contributed by atoms with E-state index in [-0.39, 0.29) is 11.9 Å². The molecule has 6 heteroatoms. The zero-order valence-corrected chi connectivity index (χ0v) is 10.1. The summed E-state index contributed by atoms with van der Waals surface area (Å²) < 4.78 is 0. The van der Waals surface area contributed by atoms with Crippen LogP contribution in [0.1, 0.15) is 23.2 Å². The molecule has 1 fully saturated rings. The van der Waals surface area contributed by atoms with Gasteiger partial charge in [-0.2, -0.15) is 0 Å². The lowest BCUT2D eigenvalue weighted by molar-refractivity contribution is -0.384. The summed E-state index contributed by atoms with van der Waals surface area (Å²) in [5.41, 5.74) is 0.819. The van der Waals surface area contributed by atoms with Crippen LogP contribution in [0.3, 0.4) is 0 Å². The molecule has 0 radical (unpaired) electrons. The van der Waals surface area contributed by atoms with Gasteiger partial charge in [-0.1, -0.05) is 0 Å². The maximum Gasteiger partial charge on any atom is 0.293 e. The summed E-state index contributed by atoms with van der Waals surface area (Å²) in [6.45, 7) is 0.926. The lowest BCUT2D eigenvalue weighted by atomic mass is 10.1. The average molecular weight is 249 g/mol.